The highest BCUT2D eigenvalue weighted by Gasteiger charge is 2.18. The molecule has 3 heterocycles. The fourth-order valence-corrected chi connectivity index (χ4v) is 2.90. The number of fused-ring (bicyclic) bond motifs is 2. The minimum Gasteiger partial charge on any atom is -0.422 e. The van der Waals surface area contributed by atoms with E-state index < -0.39 is 17.1 Å². The van der Waals surface area contributed by atoms with Crippen molar-refractivity contribution < 1.29 is 9.21 Å². The summed E-state index contributed by atoms with van der Waals surface area (Å²) in [4.78, 5) is 41.9. The van der Waals surface area contributed by atoms with E-state index in [1.165, 1.54) is 10.5 Å². The van der Waals surface area contributed by atoms with E-state index >= 15 is 0 Å². The topological polar surface area (TPSA) is 93.7 Å². The molecule has 0 unspecified atom stereocenters. The maximum Gasteiger partial charge on any atom is 0.349 e. The second kappa shape index (κ2) is 6.21. The zero-order valence-electron chi connectivity index (χ0n) is 14.6. The Morgan fingerprint density at radius 1 is 1.11 bits per heavy atom. The van der Waals surface area contributed by atoms with Crippen LogP contribution in [0.3, 0.4) is 0 Å². The average Bonchev–Trinajstić information content (AvgIpc) is 2.64. The molecule has 0 aliphatic rings. The van der Waals surface area contributed by atoms with Gasteiger partial charge in [0.05, 0.1) is 5.69 Å². The van der Waals surface area contributed by atoms with Gasteiger partial charge >= 0.3 is 5.63 Å². The van der Waals surface area contributed by atoms with Crippen molar-refractivity contribution in [2.24, 2.45) is 0 Å². The van der Waals surface area contributed by atoms with Crippen molar-refractivity contribution in [1.82, 2.24) is 9.38 Å². The minimum absolute atomic E-state index is 0.0221. The molecule has 0 fully saturated rings. The highest BCUT2D eigenvalue weighted by atomic mass is 16.4. The third kappa shape index (κ3) is 2.89. The molecule has 4 aromatic rings. The molecule has 0 saturated heterocycles. The summed E-state index contributed by atoms with van der Waals surface area (Å²) in [6.07, 6.45) is 1.60. The molecule has 3 aromatic heterocycles. The lowest BCUT2D eigenvalue weighted by molar-refractivity contribution is 0.102. The number of aromatic nitrogens is 2. The van der Waals surface area contributed by atoms with Gasteiger partial charge in [-0.2, -0.15) is 0 Å². The number of hydrogen-bond donors (Lipinski definition) is 1. The Balaban J connectivity index is 1.79. The van der Waals surface area contributed by atoms with Crippen molar-refractivity contribution in [3.8, 4) is 0 Å². The Bertz CT molecular complexity index is 1330. The van der Waals surface area contributed by atoms with Gasteiger partial charge in [-0.25, -0.2) is 9.78 Å². The van der Waals surface area contributed by atoms with Crippen LogP contribution in [-0.2, 0) is 0 Å². The molecule has 0 radical (unpaired) electrons. The number of hydrogen-bond acceptors (Lipinski definition) is 5. The van der Waals surface area contributed by atoms with Crippen LogP contribution in [0.15, 0.2) is 62.7 Å². The summed E-state index contributed by atoms with van der Waals surface area (Å²) in [7, 11) is 0. The largest absolute Gasteiger partial charge is 0.422 e. The number of para-hydroxylation sites is 1. The van der Waals surface area contributed by atoms with E-state index in [-0.39, 0.29) is 11.3 Å². The predicted molar refractivity (Wildman–Crippen MR) is 101 cm³/mol. The van der Waals surface area contributed by atoms with Crippen LogP contribution in [0, 0.1) is 13.8 Å². The van der Waals surface area contributed by atoms with Gasteiger partial charge in [0.25, 0.3) is 11.5 Å². The lowest BCUT2D eigenvalue weighted by Crippen LogP contribution is -2.27. The van der Waals surface area contributed by atoms with E-state index in [0.717, 1.165) is 5.56 Å². The number of rotatable bonds is 2. The molecular formula is C20H15N3O4. The number of anilines is 1. The van der Waals surface area contributed by atoms with Crippen molar-refractivity contribution in [2.45, 2.75) is 13.8 Å². The summed E-state index contributed by atoms with van der Waals surface area (Å²) in [5.41, 5.74) is 0.856. The smallest absolute Gasteiger partial charge is 0.349 e. The highest BCUT2D eigenvalue weighted by Crippen LogP contribution is 2.15. The van der Waals surface area contributed by atoms with Gasteiger partial charge in [-0.15, -0.1) is 0 Å². The minimum atomic E-state index is -0.770. The Morgan fingerprint density at radius 3 is 2.70 bits per heavy atom. The summed E-state index contributed by atoms with van der Waals surface area (Å²) < 4.78 is 6.53. The normalized spacial score (nSPS) is 11.0. The van der Waals surface area contributed by atoms with Gasteiger partial charge in [-0.05, 0) is 43.7 Å². The van der Waals surface area contributed by atoms with Gasteiger partial charge in [0.15, 0.2) is 0 Å². The number of carbonyl (C=O) groups excluding carboxylic acids is 1. The Labute approximate surface area is 152 Å². The molecule has 1 N–H and O–H groups in total. The number of carbonyl (C=O) groups is 1. The summed E-state index contributed by atoms with van der Waals surface area (Å²) in [6, 6.07) is 11.9. The summed E-state index contributed by atoms with van der Waals surface area (Å²) in [5, 5.41) is 3.13. The molecule has 134 valence electrons. The first-order valence-electron chi connectivity index (χ1n) is 8.28. The van der Waals surface area contributed by atoms with Crippen LogP contribution in [0.1, 0.15) is 21.6 Å². The molecule has 0 atom stereocenters. The Kier molecular flexibility index (Phi) is 3.84. The van der Waals surface area contributed by atoms with E-state index in [1.807, 2.05) is 6.92 Å². The second-order valence-electron chi connectivity index (χ2n) is 6.25. The van der Waals surface area contributed by atoms with Crippen molar-refractivity contribution in [3.63, 3.8) is 0 Å². The molecule has 7 heteroatoms. The van der Waals surface area contributed by atoms with Crippen LogP contribution in [0.4, 0.5) is 5.69 Å². The zero-order chi connectivity index (χ0) is 19.1. The predicted octanol–water partition coefficient (Wildman–Crippen LogP) is 2.67. The molecule has 27 heavy (non-hydrogen) atoms. The quantitative estimate of drug-likeness (QED) is 0.554. The lowest BCUT2D eigenvalue weighted by atomic mass is 10.1. The van der Waals surface area contributed by atoms with E-state index in [2.05, 4.69) is 10.3 Å². The molecule has 4 rings (SSSR count). The van der Waals surface area contributed by atoms with Crippen LogP contribution in [0.25, 0.3) is 16.6 Å². The van der Waals surface area contributed by atoms with Crippen LogP contribution >= 0.6 is 0 Å². The molecule has 0 aliphatic heterocycles. The maximum absolute atomic E-state index is 12.7. The van der Waals surface area contributed by atoms with E-state index in [4.69, 9.17) is 4.42 Å². The van der Waals surface area contributed by atoms with E-state index in [9.17, 15) is 14.4 Å². The monoisotopic (exact) mass is 361 g/mol. The third-order valence-electron chi connectivity index (χ3n) is 4.29. The van der Waals surface area contributed by atoms with Crippen molar-refractivity contribution in [1.29, 1.82) is 0 Å². The van der Waals surface area contributed by atoms with Gasteiger partial charge in [0, 0.05) is 11.6 Å². The molecule has 1 aromatic carbocycles. The van der Waals surface area contributed by atoms with Gasteiger partial charge in [-0.1, -0.05) is 18.2 Å². The molecule has 0 aliphatic carbocycles. The molecule has 0 spiro atoms. The Morgan fingerprint density at radius 2 is 1.89 bits per heavy atom. The first kappa shape index (κ1) is 16.7. The highest BCUT2D eigenvalue weighted by molar-refractivity contribution is 6.05. The summed E-state index contributed by atoms with van der Waals surface area (Å²) in [5.74, 6) is -0.719. The second-order valence-corrected chi connectivity index (χ2v) is 6.25. The van der Waals surface area contributed by atoms with Crippen molar-refractivity contribution >= 4 is 28.2 Å². The third-order valence-corrected chi connectivity index (χ3v) is 4.29. The van der Waals surface area contributed by atoms with Crippen LogP contribution in [0.5, 0.6) is 0 Å². The Hall–Kier alpha value is -3.74. The van der Waals surface area contributed by atoms with E-state index in [0.29, 0.717) is 22.3 Å². The fraction of sp³-hybridized carbons (Fsp3) is 0.100. The number of pyridine rings is 1. The van der Waals surface area contributed by atoms with E-state index in [1.54, 1.807) is 49.5 Å². The van der Waals surface area contributed by atoms with Crippen molar-refractivity contribution in [2.75, 3.05) is 5.32 Å². The van der Waals surface area contributed by atoms with Gasteiger partial charge < -0.3 is 9.73 Å². The van der Waals surface area contributed by atoms with Gasteiger partial charge in [0.2, 0.25) is 0 Å². The fourth-order valence-electron chi connectivity index (χ4n) is 2.90. The molecule has 1 amide bonds. The summed E-state index contributed by atoms with van der Waals surface area (Å²) >= 11 is 0. The van der Waals surface area contributed by atoms with Crippen LogP contribution in [-0.4, -0.2) is 15.3 Å². The average molecular weight is 361 g/mol. The SMILES string of the molecule is Cc1ccn2c(=O)c(NC(=O)c3cc4ccccc4oc3=O)c(C)nc2c1. The van der Waals surface area contributed by atoms with Crippen LogP contribution < -0.4 is 16.5 Å². The number of nitrogens with one attached hydrogen (secondary N) is 1. The molecule has 0 bridgehead atoms. The first-order chi connectivity index (χ1) is 12.9. The number of amides is 1. The van der Waals surface area contributed by atoms with Crippen molar-refractivity contribution in [3.05, 3.63) is 86.3 Å². The standard InChI is InChI=1S/C20H15N3O4/c1-11-7-8-23-16(9-11)21-12(2)17(19(23)25)22-18(24)14-10-13-5-3-4-6-15(13)27-20(14)26/h3-10H,1-2H3,(H,22,24). The molecular weight excluding hydrogens is 346 g/mol. The van der Waals surface area contributed by atoms with Gasteiger partial charge in [0.1, 0.15) is 22.5 Å². The molecule has 0 saturated carbocycles. The number of aryl methyl sites for hydroxylation is 2. The zero-order valence-corrected chi connectivity index (χ0v) is 14.6. The maximum atomic E-state index is 12.7. The number of nitrogens with zero attached hydrogens (tertiary/aromatic N) is 2. The molecule has 7 nitrogen and oxygen atoms in total. The number of benzene rings is 1. The summed E-state index contributed by atoms with van der Waals surface area (Å²) in [6.45, 7) is 3.53. The first-order valence-corrected chi connectivity index (χ1v) is 8.28. The van der Waals surface area contributed by atoms with Crippen LogP contribution in [0.2, 0.25) is 0 Å². The lowest BCUT2D eigenvalue weighted by Gasteiger charge is -2.10. The van der Waals surface area contributed by atoms with Gasteiger partial charge in [-0.3, -0.25) is 14.0 Å².